The maximum atomic E-state index is 13.1. The second-order valence-electron chi connectivity index (χ2n) is 9.16. The van der Waals surface area contributed by atoms with Crippen LogP contribution < -0.4 is 10.6 Å². The zero-order chi connectivity index (χ0) is 19.6. The molecule has 174 valence electrons. The van der Waals surface area contributed by atoms with Crippen molar-refractivity contribution in [3.05, 3.63) is 35.9 Å². The lowest BCUT2D eigenvalue weighted by Gasteiger charge is -2.35. The molecule has 4 atom stereocenters. The van der Waals surface area contributed by atoms with E-state index >= 15 is 0 Å². The molecule has 4 heterocycles. The summed E-state index contributed by atoms with van der Waals surface area (Å²) in [6, 6.07) is 11.8. The Labute approximate surface area is 198 Å². The molecule has 1 aromatic rings. The highest BCUT2D eigenvalue weighted by Crippen LogP contribution is 2.31. The van der Waals surface area contributed by atoms with Gasteiger partial charge in [-0.15, -0.1) is 24.8 Å². The predicted octanol–water partition coefficient (Wildman–Crippen LogP) is 2.38. The monoisotopic (exact) mass is 470 g/mol. The molecule has 1 amide bonds. The van der Waals surface area contributed by atoms with Crippen LogP contribution in [0.25, 0.3) is 0 Å². The van der Waals surface area contributed by atoms with Crippen molar-refractivity contribution in [1.29, 1.82) is 0 Å². The van der Waals surface area contributed by atoms with Crippen LogP contribution in [0.5, 0.6) is 0 Å². The summed E-state index contributed by atoms with van der Waals surface area (Å²) < 4.78 is 6.16. The number of likely N-dealkylation sites (tertiary alicyclic amines) is 1. The molecule has 0 aromatic heterocycles. The third kappa shape index (κ3) is 5.55. The molecule has 1 aromatic carbocycles. The van der Waals surface area contributed by atoms with Crippen molar-refractivity contribution < 1.29 is 9.53 Å². The summed E-state index contributed by atoms with van der Waals surface area (Å²) in [7, 11) is 0. The van der Waals surface area contributed by atoms with E-state index in [9.17, 15) is 4.79 Å². The summed E-state index contributed by atoms with van der Waals surface area (Å²) in [6.45, 7) is 5.87. The molecule has 0 bridgehead atoms. The number of carbonyl (C=O) groups excluding carboxylic acids is 1. The number of ether oxygens (including phenoxy) is 1. The van der Waals surface area contributed by atoms with Gasteiger partial charge in [0.2, 0.25) is 5.91 Å². The minimum atomic E-state index is 0. The van der Waals surface area contributed by atoms with Gasteiger partial charge in [-0.3, -0.25) is 14.6 Å². The van der Waals surface area contributed by atoms with Crippen LogP contribution in [0.15, 0.2) is 30.3 Å². The lowest BCUT2D eigenvalue weighted by molar-refractivity contribution is -0.127. The van der Waals surface area contributed by atoms with Crippen molar-refractivity contribution in [2.75, 3.05) is 39.3 Å². The van der Waals surface area contributed by atoms with Gasteiger partial charge in [-0.2, -0.15) is 0 Å². The van der Waals surface area contributed by atoms with Crippen LogP contribution in [0.4, 0.5) is 0 Å². The molecule has 0 radical (unpaired) electrons. The molecule has 4 aliphatic rings. The van der Waals surface area contributed by atoms with Crippen molar-refractivity contribution >= 4 is 30.7 Å². The molecule has 2 N–H and O–H groups in total. The fraction of sp³-hybridized carbons (Fsp3) is 0.696. The Morgan fingerprint density at radius 3 is 2.58 bits per heavy atom. The van der Waals surface area contributed by atoms with Crippen molar-refractivity contribution in [1.82, 2.24) is 20.4 Å². The van der Waals surface area contributed by atoms with Gasteiger partial charge in [-0.05, 0) is 57.3 Å². The average molecular weight is 471 g/mol. The second kappa shape index (κ2) is 11.3. The third-order valence-electron chi connectivity index (χ3n) is 7.31. The smallest absolute Gasteiger partial charge is 0.237 e. The van der Waals surface area contributed by atoms with E-state index in [2.05, 4.69) is 44.7 Å². The Morgan fingerprint density at radius 1 is 1.03 bits per heavy atom. The normalized spacial score (nSPS) is 32.0. The number of rotatable bonds is 4. The van der Waals surface area contributed by atoms with E-state index < -0.39 is 0 Å². The number of carbonyl (C=O) groups is 1. The van der Waals surface area contributed by atoms with Crippen molar-refractivity contribution in [2.45, 2.75) is 62.4 Å². The van der Waals surface area contributed by atoms with E-state index in [1.165, 1.54) is 18.4 Å². The average Bonchev–Trinajstić information content (AvgIpc) is 3.41. The Hall–Kier alpha value is -0.890. The van der Waals surface area contributed by atoms with E-state index in [0.717, 1.165) is 58.6 Å². The number of piperidine rings is 1. The van der Waals surface area contributed by atoms with Gasteiger partial charge in [-0.25, -0.2) is 0 Å². The topological polar surface area (TPSA) is 56.8 Å². The molecule has 31 heavy (non-hydrogen) atoms. The van der Waals surface area contributed by atoms with Crippen LogP contribution in [0.3, 0.4) is 0 Å². The zero-order valence-electron chi connectivity index (χ0n) is 18.1. The zero-order valence-corrected chi connectivity index (χ0v) is 19.7. The number of fused-ring (bicyclic) bond motifs is 1. The maximum absolute atomic E-state index is 13.1. The highest BCUT2D eigenvalue weighted by molar-refractivity contribution is 5.85. The molecule has 6 nitrogen and oxygen atoms in total. The van der Waals surface area contributed by atoms with Crippen LogP contribution in [-0.2, 0) is 9.53 Å². The molecule has 0 aliphatic carbocycles. The number of hydrogen-bond donors (Lipinski definition) is 2. The highest BCUT2D eigenvalue weighted by Gasteiger charge is 2.41. The fourth-order valence-corrected chi connectivity index (χ4v) is 5.79. The first kappa shape index (κ1) is 24.7. The van der Waals surface area contributed by atoms with Gasteiger partial charge in [0, 0.05) is 31.2 Å². The van der Waals surface area contributed by atoms with Crippen LogP contribution >= 0.6 is 24.8 Å². The van der Waals surface area contributed by atoms with Crippen LogP contribution in [0.1, 0.15) is 43.8 Å². The number of benzene rings is 1. The second-order valence-corrected chi connectivity index (χ2v) is 9.16. The number of nitrogens with one attached hydrogen (secondary N) is 2. The minimum Gasteiger partial charge on any atom is -0.371 e. The van der Waals surface area contributed by atoms with Crippen LogP contribution in [0.2, 0.25) is 0 Å². The summed E-state index contributed by atoms with van der Waals surface area (Å²) in [6.07, 6.45) is 5.64. The first-order valence-electron chi connectivity index (χ1n) is 11.5. The number of halogens is 2. The minimum absolute atomic E-state index is 0. The highest BCUT2D eigenvalue weighted by atomic mass is 35.5. The lowest BCUT2D eigenvalue weighted by Crippen LogP contribution is -2.52. The number of nitrogens with zero attached hydrogens (tertiary/aromatic N) is 2. The number of morpholine rings is 1. The number of hydrogen-bond acceptors (Lipinski definition) is 5. The van der Waals surface area contributed by atoms with Crippen molar-refractivity contribution in [3.8, 4) is 0 Å². The predicted molar refractivity (Wildman–Crippen MR) is 127 cm³/mol. The van der Waals surface area contributed by atoms with Crippen LogP contribution in [-0.4, -0.2) is 79.2 Å². The van der Waals surface area contributed by atoms with Gasteiger partial charge in [0.15, 0.2) is 0 Å². The van der Waals surface area contributed by atoms with Gasteiger partial charge in [0.25, 0.3) is 0 Å². The van der Waals surface area contributed by atoms with E-state index in [-0.39, 0.29) is 48.9 Å². The van der Waals surface area contributed by atoms with Gasteiger partial charge in [0.1, 0.15) is 0 Å². The Balaban J connectivity index is 0.00000136. The van der Waals surface area contributed by atoms with Gasteiger partial charge < -0.3 is 15.4 Å². The first-order valence-corrected chi connectivity index (χ1v) is 11.5. The largest absolute Gasteiger partial charge is 0.371 e. The first-order chi connectivity index (χ1) is 14.3. The third-order valence-corrected chi connectivity index (χ3v) is 7.31. The molecule has 5 rings (SSSR count). The summed E-state index contributed by atoms with van der Waals surface area (Å²) in [5.41, 5.74) is 1.25. The van der Waals surface area contributed by atoms with E-state index in [0.29, 0.717) is 12.1 Å². The lowest BCUT2D eigenvalue weighted by atomic mass is 10.0. The summed E-state index contributed by atoms with van der Waals surface area (Å²) in [5, 5.41) is 6.85. The molecule has 4 saturated heterocycles. The standard InChI is InChI=1S/C23H34N4O2.2ClH/c28-23(21-7-4-12-27(21)19-8-10-24-11-9-19)25-18-13-20-16-29-22(15-26(20)14-18)17-5-2-1-3-6-17;;/h1-3,5-6,18-22,24H,4,7-16H2,(H,25,28);2*1H/t18-,20-,21-,22+;;/m0../s1. The summed E-state index contributed by atoms with van der Waals surface area (Å²) in [5.74, 6) is 0.256. The molecule has 0 spiro atoms. The molecular formula is C23H36Cl2N4O2. The molecule has 0 saturated carbocycles. The Morgan fingerprint density at radius 2 is 1.81 bits per heavy atom. The SMILES string of the molecule is Cl.Cl.O=C(N[C@H]1C[C@H]2CO[C@@H](c3ccccc3)CN2C1)[C@@H]1CCCN1C1CCNCC1. The van der Waals surface area contributed by atoms with Gasteiger partial charge >= 0.3 is 0 Å². The number of amides is 1. The fourth-order valence-electron chi connectivity index (χ4n) is 5.79. The van der Waals surface area contributed by atoms with E-state index in [4.69, 9.17) is 4.74 Å². The molecular weight excluding hydrogens is 435 g/mol. The van der Waals surface area contributed by atoms with E-state index in [1.807, 2.05) is 6.07 Å². The maximum Gasteiger partial charge on any atom is 0.237 e. The van der Waals surface area contributed by atoms with Crippen molar-refractivity contribution in [3.63, 3.8) is 0 Å². The Bertz CT molecular complexity index is 704. The van der Waals surface area contributed by atoms with Gasteiger partial charge in [-0.1, -0.05) is 30.3 Å². The van der Waals surface area contributed by atoms with E-state index in [1.54, 1.807) is 0 Å². The Kier molecular flexibility index (Phi) is 9.02. The molecule has 8 heteroatoms. The van der Waals surface area contributed by atoms with Crippen LogP contribution in [0, 0.1) is 0 Å². The molecule has 4 aliphatic heterocycles. The molecule has 0 unspecified atom stereocenters. The van der Waals surface area contributed by atoms with Crippen molar-refractivity contribution in [2.24, 2.45) is 0 Å². The molecule has 4 fully saturated rings. The summed E-state index contributed by atoms with van der Waals surface area (Å²) >= 11 is 0. The quantitative estimate of drug-likeness (QED) is 0.707. The van der Waals surface area contributed by atoms with Gasteiger partial charge in [0.05, 0.1) is 18.8 Å². The summed E-state index contributed by atoms with van der Waals surface area (Å²) in [4.78, 5) is 18.1.